The van der Waals surface area contributed by atoms with Crippen LogP contribution < -0.4 is 0 Å². The van der Waals surface area contributed by atoms with E-state index in [1.807, 2.05) is 6.92 Å². The Morgan fingerprint density at radius 2 is 1.83 bits per heavy atom. The van der Waals surface area contributed by atoms with E-state index in [2.05, 4.69) is 5.10 Å². The van der Waals surface area contributed by atoms with Crippen LogP contribution in [0.5, 0.6) is 5.75 Å². The Morgan fingerprint density at radius 3 is 2.42 bits per heavy atom. The standard InChI is InChI=1S/C17H19F3N2O2/c1-11(12-6-8-24-9-7-12)22-15(10-16(21-22)17(18,19)20)13-2-4-14(23)5-3-13/h2-5,10-12,23H,6-9H2,1H3. The van der Waals surface area contributed by atoms with Crippen LogP contribution in [0.1, 0.15) is 31.5 Å². The maximum absolute atomic E-state index is 13.1. The fraction of sp³-hybridized carbons (Fsp3) is 0.471. The van der Waals surface area contributed by atoms with E-state index in [1.165, 1.54) is 16.8 Å². The smallest absolute Gasteiger partial charge is 0.435 e. The molecule has 0 bridgehead atoms. The van der Waals surface area contributed by atoms with E-state index in [4.69, 9.17) is 4.74 Å². The zero-order chi connectivity index (χ0) is 17.3. The first-order chi connectivity index (χ1) is 11.4. The second kappa shape index (κ2) is 6.47. The average Bonchev–Trinajstić information content (AvgIpc) is 3.01. The third-order valence-corrected chi connectivity index (χ3v) is 4.52. The first kappa shape index (κ1) is 16.8. The largest absolute Gasteiger partial charge is 0.508 e. The molecule has 0 saturated carbocycles. The summed E-state index contributed by atoms with van der Waals surface area (Å²) in [7, 11) is 0. The molecule has 1 aromatic carbocycles. The summed E-state index contributed by atoms with van der Waals surface area (Å²) < 4.78 is 46.2. The number of phenolic OH excluding ortho intramolecular Hbond substituents is 1. The van der Waals surface area contributed by atoms with Crippen LogP contribution in [-0.2, 0) is 10.9 Å². The molecule has 4 nitrogen and oxygen atoms in total. The number of halogens is 3. The van der Waals surface area contributed by atoms with E-state index in [9.17, 15) is 18.3 Å². The van der Waals surface area contributed by atoms with Crippen LogP contribution in [-0.4, -0.2) is 28.1 Å². The van der Waals surface area contributed by atoms with Crippen molar-refractivity contribution in [1.29, 1.82) is 0 Å². The lowest BCUT2D eigenvalue weighted by Crippen LogP contribution is -2.25. The monoisotopic (exact) mass is 340 g/mol. The van der Waals surface area contributed by atoms with Crippen LogP contribution >= 0.6 is 0 Å². The number of hydrogen-bond donors (Lipinski definition) is 1. The van der Waals surface area contributed by atoms with Crippen molar-refractivity contribution < 1.29 is 23.0 Å². The third kappa shape index (κ3) is 3.40. The van der Waals surface area contributed by atoms with Crippen molar-refractivity contribution in [1.82, 2.24) is 9.78 Å². The maximum Gasteiger partial charge on any atom is 0.435 e. The Morgan fingerprint density at radius 1 is 1.21 bits per heavy atom. The van der Waals surface area contributed by atoms with Gasteiger partial charge in [-0.15, -0.1) is 0 Å². The second-order valence-electron chi connectivity index (χ2n) is 6.09. The first-order valence-corrected chi connectivity index (χ1v) is 7.90. The van der Waals surface area contributed by atoms with Crippen molar-refractivity contribution in [3.63, 3.8) is 0 Å². The number of nitrogens with zero attached hydrogens (tertiary/aromatic N) is 2. The van der Waals surface area contributed by atoms with Crippen molar-refractivity contribution in [2.45, 2.75) is 32.0 Å². The predicted octanol–water partition coefficient (Wildman–Crippen LogP) is 4.26. The average molecular weight is 340 g/mol. The topological polar surface area (TPSA) is 47.3 Å². The molecule has 1 atom stereocenters. The van der Waals surface area contributed by atoms with E-state index < -0.39 is 11.9 Å². The molecule has 7 heteroatoms. The summed E-state index contributed by atoms with van der Waals surface area (Å²) >= 11 is 0. The molecule has 2 aromatic rings. The molecule has 0 amide bonds. The molecule has 1 aliphatic heterocycles. The number of ether oxygens (including phenoxy) is 1. The fourth-order valence-corrected chi connectivity index (χ4v) is 3.09. The summed E-state index contributed by atoms with van der Waals surface area (Å²) in [5.41, 5.74) is 0.0977. The van der Waals surface area contributed by atoms with Crippen molar-refractivity contribution in [2.75, 3.05) is 13.2 Å². The van der Waals surface area contributed by atoms with Crippen LogP contribution in [0.25, 0.3) is 11.3 Å². The molecule has 3 rings (SSSR count). The summed E-state index contributed by atoms with van der Waals surface area (Å²) in [6, 6.07) is 7.01. The second-order valence-corrected chi connectivity index (χ2v) is 6.09. The first-order valence-electron chi connectivity index (χ1n) is 7.90. The highest BCUT2D eigenvalue weighted by Gasteiger charge is 2.36. The Labute approximate surface area is 137 Å². The molecule has 2 heterocycles. The van der Waals surface area contributed by atoms with E-state index in [0.29, 0.717) is 24.5 Å². The summed E-state index contributed by atoms with van der Waals surface area (Å²) in [6.45, 7) is 3.14. The van der Waals surface area contributed by atoms with Gasteiger partial charge in [-0.05, 0) is 56.0 Å². The number of benzene rings is 1. The Kier molecular flexibility index (Phi) is 4.54. The van der Waals surface area contributed by atoms with Gasteiger partial charge in [-0.3, -0.25) is 4.68 Å². The molecular formula is C17H19F3N2O2. The minimum Gasteiger partial charge on any atom is -0.508 e. The number of phenols is 1. The van der Waals surface area contributed by atoms with Gasteiger partial charge in [0.05, 0.1) is 11.7 Å². The van der Waals surface area contributed by atoms with Gasteiger partial charge in [0.1, 0.15) is 5.75 Å². The van der Waals surface area contributed by atoms with Gasteiger partial charge in [-0.2, -0.15) is 18.3 Å². The summed E-state index contributed by atoms with van der Waals surface area (Å²) in [5, 5.41) is 13.2. The number of aromatic nitrogens is 2. The minimum atomic E-state index is -4.49. The molecule has 24 heavy (non-hydrogen) atoms. The van der Waals surface area contributed by atoms with Crippen molar-refractivity contribution in [2.24, 2.45) is 5.92 Å². The zero-order valence-corrected chi connectivity index (χ0v) is 13.3. The van der Waals surface area contributed by atoms with Gasteiger partial charge in [-0.1, -0.05) is 0 Å². The van der Waals surface area contributed by atoms with E-state index >= 15 is 0 Å². The van der Waals surface area contributed by atoms with Crippen LogP contribution in [0.2, 0.25) is 0 Å². The molecule has 0 radical (unpaired) electrons. The number of hydrogen-bond acceptors (Lipinski definition) is 3. The number of alkyl halides is 3. The zero-order valence-electron chi connectivity index (χ0n) is 13.3. The van der Waals surface area contributed by atoms with Crippen LogP contribution in [0.15, 0.2) is 30.3 Å². The summed E-state index contributed by atoms with van der Waals surface area (Å²) in [5.74, 6) is 0.286. The number of aromatic hydroxyl groups is 1. The predicted molar refractivity (Wildman–Crippen MR) is 82.6 cm³/mol. The van der Waals surface area contributed by atoms with E-state index in [0.717, 1.165) is 18.9 Å². The molecule has 1 aromatic heterocycles. The van der Waals surface area contributed by atoms with Crippen LogP contribution in [0, 0.1) is 5.92 Å². The van der Waals surface area contributed by atoms with E-state index in [-0.39, 0.29) is 17.7 Å². The highest BCUT2D eigenvalue weighted by Crippen LogP contribution is 2.36. The number of rotatable bonds is 3. The lowest BCUT2D eigenvalue weighted by atomic mass is 9.92. The Bertz CT molecular complexity index is 689. The molecule has 0 aliphatic carbocycles. The SMILES string of the molecule is CC(C1CCOCC1)n1nc(C(F)(F)F)cc1-c1ccc(O)cc1. The molecule has 1 fully saturated rings. The van der Waals surface area contributed by atoms with Gasteiger partial charge in [0, 0.05) is 18.8 Å². The highest BCUT2D eigenvalue weighted by molar-refractivity contribution is 5.61. The summed E-state index contributed by atoms with van der Waals surface area (Å²) in [6.07, 6.45) is -2.89. The van der Waals surface area contributed by atoms with Gasteiger partial charge in [0.2, 0.25) is 0 Å². The lowest BCUT2D eigenvalue weighted by molar-refractivity contribution is -0.141. The molecule has 1 unspecified atom stereocenters. The molecule has 1 N–H and O–H groups in total. The molecule has 130 valence electrons. The van der Waals surface area contributed by atoms with Crippen LogP contribution in [0.4, 0.5) is 13.2 Å². The third-order valence-electron chi connectivity index (χ3n) is 4.52. The maximum atomic E-state index is 13.1. The van der Waals surface area contributed by atoms with Crippen molar-refractivity contribution in [3.05, 3.63) is 36.0 Å². The van der Waals surface area contributed by atoms with Crippen LogP contribution in [0.3, 0.4) is 0 Å². The Balaban J connectivity index is 2.02. The molecule has 1 aliphatic rings. The van der Waals surface area contributed by atoms with Crippen molar-refractivity contribution in [3.8, 4) is 17.0 Å². The van der Waals surface area contributed by atoms with Crippen molar-refractivity contribution >= 4 is 0 Å². The fourth-order valence-electron chi connectivity index (χ4n) is 3.09. The quantitative estimate of drug-likeness (QED) is 0.908. The Hall–Kier alpha value is -2.02. The normalized spacial score (nSPS) is 17.8. The molecular weight excluding hydrogens is 321 g/mol. The van der Waals surface area contributed by atoms with Gasteiger partial charge in [0.25, 0.3) is 0 Å². The highest BCUT2D eigenvalue weighted by atomic mass is 19.4. The van der Waals surface area contributed by atoms with Gasteiger partial charge >= 0.3 is 6.18 Å². The summed E-state index contributed by atoms with van der Waals surface area (Å²) in [4.78, 5) is 0. The minimum absolute atomic E-state index is 0.0679. The van der Waals surface area contributed by atoms with Gasteiger partial charge < -0.3 is 9.84 Å². The molecule has 1 saturated heterocycles. The lowest BCUT2D eigenvalue weighted by Gasteiger charge is -2.29. The van der Waals surface area contributed by atoms with E-state index in [1.54, 1.807) is 12.1 Å². The van der Waals surface area contributed by atoms with Gasteiger partial charge in [0.15, 0.2) is 5.69 Å². The van der Waals surface area contributed by atoms with Gasteiger partial charge in [-0.25, -0.2) is 0 Å². The molecule has 0 spiro atoms.